The van der Waals surface area contributed by atoms with Crippen molar-refractivity contribution >= 4 is 64.2 Å². The number of carbonyl (C=O) groups is 1. The molecule has 0 bridgehead atoms. The summed E-state index contributed by atoms with van der Waals surface area (Å²) in [4.78, 5) is 13.1. The predicted octanol–water partition coefficient (Wildman–Crippen LogP) is 6.83. The molecule has 33 heavy (non-hydrogen) atoms. The van der Waals surface area contributed by atoms with Gasteiger partial charge in [0.15, 0.2) is 5.50 Å². The molecule has 0 saturated carbocycles. The molecular formula is C24H19Cl3N2O3S. The minimum atomic E-state index is -0.397. The number of carbonyl (C=O) groups excluding carboxylic acids is 1. The van der Waals surface area contributed by atoms with Crippen LogP contribution < -0.4 is 20.1 Å². The first kappa shape index (κ1) is 23.6. The second kappa shape index (κ2) is 10.6. The number of rotatable bonds is 7. The minimum absolute atomic E-state index is 0.209. The van der Waals surface area contributed by atoms with Crippen LogP contribution in [-0.4, -0.2) is 18.5 Å². The standard InChI is InChI=1S/C24H19Cl3N2O3S/c1-31-21-8-6-18(27)12-19(21)28-24-29-23(30)22(33-24)11-15-10-17(26)5-7-20(15)32-13-14-3-2-4-16(25)9-14/h2-12,24,28H,13H2,1H3,(H,29,30)/b22-11-. The average molecular weight is 522 g/mol. The molecule has 1 amide bonds. The largest absolute Gasteiger partial charge is 0.495 e. The van der Waals surface area contributed by atoms with E-state index in [1.54, 1.807) is 49.6 Å². The quantitative estimate of drug-likeness (QED) is 0.334. The van der Waals surface area contributed by atoms with Gasteiger partial charge >= 0.3 is 0 Å². The Morgan fingerprint density at radius 3 is 2.48 bits per heavy atom. The van der Waals surface area contributed by atoms with E-state index in [1.807, 2.05) is 24.3 Å². The third-order valence-corrected chi connectivity index (χ3v) is 6.45. The minimum Gasteiger partial charge on any atom is -0.495 e. The lowest BCUT2D eigenvalue weighted by atomic mass is 10.1. The summed E-state index contributed by atoms with van der Waals surface area (Å²) in [5, 5.41) is 7.88. The zero-order valence-corrected chi connectivity index (χ0v) is 20.5. The molecule has 1 atom stereocenters. The van der Waals surface area contributed by atoms with Crippen molar-refractivity contribution in [1.29, 1.82) is 0 Å². The van der Waals surface area contributed by atoms with Crippen LogP contribution in [0.4, 0.5) is 5.69 Å². The molecule has 0 spiro atoms. The highest BCUT2D eigenvalue weighted by molar-refractivity contribution is 8.05. The lowest BCUT2D eigenvalue weighted by Crippen LogP contribution is -2.31. The van der Waals surface area contributed by atoms with E-state index >= 15 is 0 Å². The van der Waals surface area contributed by atoms with Gasteiger partial charge in [0, 0.05) is 20.6 Å². The monoisotopic (exact) mass is 520 g/mol. The number of hydrogen-bond donors (Lipinski definition) is 2. The van der Waals surface area contributed by atoms with Crippen LogP contribution in [0.3, 0.4) is 0 Å². The number of thioether (sulfide) groups is 1. The highest BCUT2D eigenvalue weighted by Gasteiger charge is 2.28. The topological polar surface area (TPSA) is 59.6 Å². The Bertz CT molecular complexity index is 1220. The summed E-state index contributed by atoms with van der Waals surface area (Å²) in [6.45, 7) is 0.330. The van der Waals surface area contributed by atoms with Gasteiger partial charge < -0.3 is 20.1 Å². The molecule has 1 aliphatic rings. The molecule has 3 aromatic carbocycles. The van der Waals surface area contributed by atoms with Crippen LogP contribution in [-0.2, 0) is 11.4 Å². The number of hydrogen-bond acceptors (Lipinski definition) is 5. The van der Waals surface area contributed by atoms with E-state index in [4.69, 9.17) is 44.3 Å². The van der Waals surface area contributed by atoms with Crippen molar-refractivity contribution in [1.82, 2.24) is 5.32 Å². The molecule has 0 radical (unpaired) electrons. The van der Waals surface area contributed by atoms with Gasteiger partial charge in [-0.25, -0.2) is 0 Å². The Balaban J connectivity index is 1.52. The molecule has 9 heteroatoms. The van der Waals surface area contributed by atoms with Crippen LogP contribution in [0.15, 0.2) is 65.6 Å². The third-order valence-electron chi connectivity index (χ3n) is 4.72. The van der Waals surface area contributed by atoms with E-state index in [9.17, 15) is 4.79 Å². The highest BCUT2D eigenvalue weighted by atomic mass is 35.5. The van der Waals surface area contributed by atoms with Gasteiger partial charge in [-0.1, -0.05) is 58.7 Å². The van der Waals surface area contributed by atoms with Gasteiger partial charge in [0.2, 0.25) is 0 Å². The molecule has 0 aliphatic carbocycles. The van der Waals surface area contributed by atoms with E-state index in [2.05, 4.69) is 10.6 Å². The summed E-state index contributed by atoms with van der Waals surface area (Å²) >= 11 is 19.7. The predicted molar refractivity (Wildman–Crippen MR) is 136 cm³/mol. The zero-order chi connectivity index (χ0) is 23.4. The molecule has 1 unspecified atom stereocenters. The third kappa shape index (κ3) is 6.09. The normalized spacial score (nSPS) is 16.5. The van der Waals surface area contributed by atoms with Gasteiger partial charge in [0.1, 0.15) is 18.1 Å². The van der Waals surface area contributed by atoms with E-state index in [0.29, 0.717) is 49.3 Å². The van der Waals surface area contributed by atoms with E-state index in [1.165, 1.54) is 11.8 Å². The van der Waals surface area contributed by atoms with E-state index < -0.39 is 5.50 Å². The van der Waals surface area contributed by atoms with Gasteiger partial charge in [-0.3, -0.25) is 4.79 Å². The number of nitrogens with one attached hydrogen (secondary N) is 2. The average Bonchev–Trinajstić information content (AvgIpc) is 3.12. The number of methoxy groups -OCH3 is 1. The number of ether oxygens (including phenoxy) is 2. The molecule has 2 N–H and O–H groups in total. The summed E-state index contributed by atoms with van der Waals surface area (Å²) in [6.07, 6.45) is 1.76. The molecule has 5 nitrogen and oxygen atoms in total. The summed E-state index contributed by atoms with van der Waals surface area (Å²) in [5.41, 5.74) is 1.91. The highest BCUT2D eigenvalue weighted by Crippen LogP contribution is 2.36. The molecule has 1 saturated heterocycles. The van der Waals surface area contributed by atoms with Crippen LogP contribution in [0, 0.1) is 0 Å². The first-order valence-electron chi connectivity index (χ1n) is 9.87. The maximum atomic E-state index is 12.6. The second-order valence-corrected chi connectivity index (χ2v) is 9.53. The number of halogens is 3. The lowest BCUT2D eigenvalue weighted by Gasteiger charge is -2.15. The first-order valence-corrected chi connectivity index (χ1v) is 11.9. The molecule has 0 aromatic heterocycles. The van der Waals surface area contributed by atoms with Crippen molar-refractivity contribution in [2.24, 2.45) is 0 Å². The van der Waals surface area contributed by atoms with Gasteiger partial charge in [-0.05, 0) is 60.2 Å². The van der Waals surface area contributed by atoms with Gasteiger partial charge in [0.25, 0.3) is 5.91 Å². The Morgan fingerprint density at radius 2 is 1.73 bits per heavy atom. The van der Waals surface area contributed by atoms with Crippen molar-refractivity contribution < 1.29 is 14.3 Å². The van der Waals surface area contributed by atoms with E-state index in [0.717, 1.165) is 5.56 Å². The second-order valence-electron chi connectivity index (χ2n) is 7.07. The Kier molecular flexibility index (Phi) is 7.60. The Hall–Kier alpha value is -2.51. The van der Waals surface area contributed by atoms with Crippen LogP contribution in [0.5, 0.6) is 11.5 Å². The molecule has 1 heterocycles. The lowest BCUT2D eigenvalue weighted by molar-refractivity contribution is -0.116. The summed E-state index contributed by atoms with van der Waals surface area (Å²) in [6, 6.07) is 18.0. The summed E-state index contributed by atoms with van der Waals surface area (Å²) < 4.78 is 11.4. The fraction of sp³-hybridized carbons (Fsp3) is 0.125. The molecule has 3 aromatic rings. The first-order chi connectivity index (χ1) is 15.9. The van der Waals surface area contributed by atoms with Crippen molar-refractivity contribution in [3.63, 3.8) is 0 Å². The van der Waals surface area contributed by atoms with Crippen LogP contribution in [0.25, 0.3) is 6.08 Å². The van der Waals surface area contributed by atoms with Crippen LogP contribution in [0.1, 0.15) is 11.1 Å². The SMILES string of the molecule is COc1ccc(Cl)cc1NC1NC(=O)/C(=C/c2cc(Cl)ccc2OCc2cccc(Cl)c2)S1. The molecular weight excluding hydrogens is 503 g/mol. The van der Waals surface area contributed by atoms with Crippen LogP contribution >= 0.6 is 46.6 Å². The molecule has 170 valence electrons. The number of amides is 1. The molecule has 4 rings (SSSR count). The fourth-order valence-electron chi connectivity index (χ4n) is 3.19. The maximum Gasteiger partial charge on any atom is 0.260 e. The molecule has 1 fully saturated rings. The van der Waals surface area contributed by atoms with Crippen LogP contribution in [0.2, 0.25) is 15.1 Å². The maximum absolute atomic E-state index is 12.6. The fourth-order valence-corrected chi connectivity index (χ4v) is 4.72. The number of benzene rings is 3. The Morgan fingerprint density at radius 1 is 1.00 bits per heavy atom. The molecule has 1 aliphatic heterocycles. The summed E-state index contributed by atoms with van der Waals surface area (Å²) in [7, 11) is 1.57. The summed E-state index contributed by atoms with van der Waals surface area (Å²) in [5.74, 6) is 1.02. The van der Waals surface area contributed by atoms with Crippen molar-refractivity contribution in [3.05, 3.63) is 91.8 Å². The van der Waals surface area contributed by atoms with Gasteiger partial charge in [-0.2, -0.15) is 0 Å². The Labute approximate surface area is 211 Å². The smallest absolute Gasteiger partial charge is 0.260 e. The van der Waals surface area contributed by atoms with Gasteiger partial charge in [-0.15, -0.1) is 0 Å². The zero-order valence-electron chi connectivity index (χ0n) is 17.4. The van der Waals surface area contributed by atoms with Crippen molar-refractivity contribution in [3.8, 4) is 11.5 Å². The number of anilines is 1. The van der Waals surface area contributed by atoms with Gasteiger partial charge in [0.05, 0.1) is 17.7 Å². The van der Waals surface area contributed by atoms with E-state index in [-0.39, 0.29) is 5.91 Å². The van der Waals surface area contributed by atoms with Crippen molar-refractivity contribution in [2.75, 3.05) is 12.4 Å². The van der Waals surface area contributed by atoms with Crippen molar-refractivity contribution in [2.45, 2.75) is 12.1 Å².